The van der Waals surface area contributed by atoms with Gasteiger partial charge in [-0.05, 0) is 23.3 Å². The van der Waals surface area contributed by atoms with Crippen LogP contribution in [-0.2, 0) is 6.42 Å². The minimum absolute atomic E-state index is 0.930. The molecule has 3 aromatic carbocycles. The highest BCUT2D eigenvalue weighted by Gasteiger charge is 2.11. The van der Waals surface area contributed by atoms with Crippen molar-refractivity contribution in [3.05, 3.63) is 72.6 Å². The van der Waals surface area contributed by atoms with Crippen LogP contribution in [0.5, 0.6) is 0 Å². The van der Waals surface area contributed by atoms with Crippen molar-refractivity contribution in [1.29, 1.82) is 0 Å². The van der Waals surface area contributed by atoms with E-state index in [2.05, 4.69) is 67.6 Å². The van der Waals surface area contributed by atoms with Crippen LogP contribution in [0.3, 0.4) is 0 Å². The molecule has 0 fully saturated rings. The molecule has 0 unspecified atom stereocenters. The Balaban J connectivity index is 2.00. The highest BCUT2D eigenvalue weighted by atomic mass is 14.9. The fourth-order valence-electron chi connectivity index (χ4n) is 3.21. The van der Waals surface area contributed by atoms with Crippen molar-refractivity contribution in [3.63, 3.8) is 0 Å². The summed E-state index contributed by atoms with van der Waals surface area (Å²) < 4.78 is 0. The van der Waals surface area contributed by atoms with Gasteiger partial charge >= 0.3 is 0 Å². The van der Waals surface area contributed by atoms with Gasteiger partial charge in [0, 0.05) is 17.4 Å². The lowest BCUT2D eigenvalue weighted by Gasteiger charge is -2.11. The van der Waals surface area contributed by atoms with Crippen molar-refractivity contribution in [2.24, 2.45) is 0 Å². The second kappa shape index (κ2) is 6.40. The Labute approximate surface area is 142 Å². The predicted octanol–water partition coefficient (Wildman–Crippen LogP) is 5.79. The minimum atomic E-state index is 0.930. The van der Waals surface area contributed by atoms with E-state index < -0.39 is 0 Å². The number of rotatable bonds is 4. The summed E-state index contributed by atoms with van der Waals surface area (Å²) in [6.07, 6.45) is 3.20. The number of hydrogen-bond donors (Lipinski definition) is 0. The third kappa shape index (κ3) is 2.65. The van der Waals surface area contributed by atoms with Crippen molar-refractivity contribution in [2.75, 3.05) is 0 Å². The number of hydrogen-bond acceptors (Lipinski definition) is 2. The molecule has 0 bridgehead atoms. The van der Waals surface area contributed by atoms with Gasteiger partial charge in [0.1, 0.15) is 5.82 Å². The van der Waals surface area contributed by atoms with Crippen LogP contribution in [0.2, 0.25) is 0 Å². The molecule has 0 aliphatic carbocycles. The molecule has 0 aliphatic rings. The fourth-order valence-corrected chi connectivity index (χ4v) is 3.21. The van der Waals surface area contributed by atoms with Gasteiger partial charge in [-0.3, -0.25) is 0 Å². The number of benzene rings is 3. The van der Waals surface area contributed by atoms with Crippen LogP contribution in [0.1, 0.15) is 25.6 Å². The highest BCUT2D eigenvalue weighted by Crippen LogP contribution is 2.32. The van der Waals surface area contributed by atoms with Crippen LogP contribution >= 0.6 is 0 Å². The Morgan fingerprint density at radius 2 is 1.50 bits per heavy atom. The SMILES string of the molecule is CCCCc1nc(-c2cccc3ccccc23)c2ccccc2n1. The summed E-state index contributed by atoms with van der Waals surface area (Å²) in [7, 11) is 0. The van der Waals surface area contributed by atoms with E-state index in [0.29, 0.717) is 0 Å². The van der Waals surface area contributed by atoms with Crippen LogP contribution in [0.15, 0.2) is 66.7 Å². The summed E-state index contributed by atoms with van der Waals surface area (Å²) in [5.74, 6) is 0.943. The maximum Gasteiger partial charge on any atom is 0.129 e. The summed E-state index contributed by atoms with van der Waals surface area (Å²) >= 11 is 0. The third-order valence-corrected chi connectivity index (χ3v) is 4.45. The smallest absolute Gasteiger partial charge is 0.129 e. The first-order valence-corrected chi connectivity index (χ1v) is 8.60. The molecule has 0 saturated carbocycles. The van der Waals surface area contributed by atoms with Crippen LogP contribution in [0.25, 0.3) is 32.9 Å². The molecule has 0 saturated heterocycles. The lowest BCUT2D eigenvalue weighted by molar-refractivity contribution is 0.758. The van der Waals surface area contributed by atoms with Crippen LogP contribution in [0, 0.1) is 0 Å². The molecule has 2 nitrogen and oxygen atoms in total. The molecule has 1 aromatic heterocycles. The van der Waals surface area contributed by atoms with Gasteiger partial charge in [0.25, 0.3) is 0 Å². The molecule has 0 radical (unpaired) electrons. The normalized spacial score (nSPS) is 11.2. The fraction of sp³-hybridized carbons (Fsp3) is 0.182. The van der Waals surface area contributed by atoms with E-state index in [9.17, 15) is 0 Å². The molecule has 0 spiro atoms. The van der Waals surface area contributed by atoms with Crippen LogP contribution < -0.4 is 0 Å². The molecule has 118 valence electrons. The van der Waals surface area contributed by atoms with E-state index in [-0.39, 0.29) is 0 Å². The zero-order valence-electron chi connectivity index (χ0n) is 13.9. The van der Waals surface area contributed by atoms with E-state index in [1.54, 1.807) is 0 Å². The van der Waals surface area contributed by atoms with Crippen molar-refractivity contribution in [3.8, 4) is 11.3 Å². The Kier molecular flexibility index (Phi) is 3.96. The number of nitrogens with zero attached hydrogens (tertiary/aromatic N) is 2. The van der Waals surface area contributed by atoms with Crippen molar-refractivity contribution in [2.45, 2.75) is 26.2 Å². The van der Waals surface area contributed by atoms with Gasteiger partial charge in [0.15, 0.2) is 0 Å². The molecular formula is C22H20N2. The third-order valence-electron chi connectivity index (χ3n) is 4.45. The average Bonchev–Trinajstić information content (AvgIpc) is 2.65. The van der Waals surface area contributed by atoms with E-state index in [4.69, 9.17) is 9.97 Å². The summed E-state index contributed by atoms with van der Waals surface area (Å²) in [4.78, 5) is 9.72. The molecule has 1 heterocycles. The second-order valence-corrected chi connectivity index (χ2v) is 6.14. The molecule has 0 aliphatic heterocycles. The van der Waals surface area contributed by atoms with Gasteiger partial charge in [-0.1, -0.05) is 74.0 Å². The van der Waals surface area contributed by atoms with Gasteiger partial charge in [-0.25, -0.2) is 9.97 Å². The highest BCUT2D eigenvalue weighted by molar-refractivity contribution is 6.02. The average molecular weight is 312 g/mol. The molecular weight excluding hydrogens is 292 g/mol. The van der Waals surface area contributed by atoms with Crippen LogP contribution in [0.4, 0.5) is 0 Å². The Bertz CT molecular complexity index is 1000. The summed E-state index contributed by atoms with van der Waals surface area (Å²) in [5.41, 5.74) is 3.26. The predicted molar refractivity (Wildman–Crippen MR) is 101 cm³/mol. The Hall–Kier alpha value is -2.74. The van der Waals surface area contributed by atoms with Gasteiger partial charge in [0.2, 0.25) is 0 Å². The topological polar surface area (TPSA) is 25.8 Å². The first-order valence-electron chi connectivity index (χ1n) is 8.60. The van der Waals surface area contributed by atoms with E-state index in [1.165, 1.54) is 16.3 Å². The van der Waals surface area contributed by atoms with Crippen molar-refractivity contribution in [1.82, 2.24) is 9.97 Å². The zero-order chi connectivity index (χ0) is 16.4. The van der Waals surface area contributed by atoms with Crippen molar-refractivity contribution >= 4 is 21.7 Å². The molecule has 0 amide bonds. The Morgan fingerprint density at radius 1 is 0.750 bits per heavy atom. The number of aromatic nitrogens is 2. The van der Waals surface area contributed by atoms with Gasteiger partial charge < -0.3 is 0 Å². The van der Waals surface area contributed by atoms with Crippen molar-refractivity contribution < 1.29 is 0 Å². The first-order chi connectivity index (χ1) is 11.9. The number of para-hydroxylation sites is 1. The number of fused-ring (bicyclic) bond motifs is 2. The van der Waals surface area contributed by atoms with E-state index in [1.807, 2.05) is 6.07 Å². The Morgan fingerprint density at radius 3 is 2.38 bits per heavy atom. The van der Waals surface area contributed by atoms with E-state index >= 15 is 0 Å². The van der Waals surface area contributed by atoms with Gasteiger partial charge in [0.05, 0.1) is 11.2 Å². The first kappa shape index (κ1) is 14.8. The zero-order valence-corrected chi connectivity index (χ0v) is 13.9. The largest absolute Gasteiger partial charge is 0.233 e. The maximum absolute atomic E-state index is 4.95. The minimum Gasteiger partial charge on any atom is -0.233 e. The lowest BCUT2D eigenvalue weighted by atomic mass is 9.99. The van der Waals surface area contributed by atoms with Crippen LogP contribution in [-0.4, -0.2) is 9.97 Å². The quantitative estimate of drug-likeness (QED) is 0.476. The number of unbranched alkanes of at least 4 members (excludes halogenated alkanes) is 1. The summed E-state index contributed by atoms with van der Waals surface area (Å²) in [6, 6.07) is 23.2. The maximum atomic E-state index is 4.95. The standard InChI is InChI=1S/C22H20N2/c1-2-3-15-21-23-20-14-7-6-12-19(20)22(24-21)18-13-8-10-16-9-4-5-11-17(16)18/h4-14H,2-3,15H2,1H3. The summed E-state index contributed by atoms with van der Waals surface area (Å²) in [6.45, 7) is 2.20. The summed E-state index contributed by atoms with van der Waals surface area (Å²) in [5, 5.41) is 3.60. The molecule has 2 heteroatoms. The second-order valence-electron chi connectivity index (χ2n) is 6.14. The number of aryl methyl sites for hydroxylation is 1. The lowest BCUT2D eigenvalue weighted by Crippen LogP contribution is -1.99. The molecule has 0 N–H and O–H groups in total. The monoisotopic (exact) mass is 312 g/mol. The van der Waals surface area contributed by atoms with Gasteiger partial charge in [-0.2, -0.15) is 0 Å². The van der Waals surface area contributed by atoms with Gasteiger partial charge in [-0.15, -0.1) is 0 Å². The molecule has 0 atom stereocenters. The molecule has 24 heavy (non-hydrogen) atoms. The molecule has 4 rings (SSSR count). The molecule has 4 aromatic rings. The van der Waals surface area contributed by atoms with E-state index in [0.717, 1.165) is 41.7 Å².